The van der Waals surface area contributed by atoms with Crippen molar-refractivity contribution in [2.45, 2.75) is 77.0 Å². The average molecular weight is 864 g/mol. The van der Waals surface area contributed by atoms with Gasteiger partial charge >= 0.3 is 6.16 Å². The number of hydrogen-bond donors (Lipinski definition) is 4. The molecule has 2 unspecified atom stereocenters. The Morgan fingerprint density at radius 2 is 1.52 bits per heavy atom. The summed E-state index contributed by atoms with van der Waals surface area (Å²) >= 11 is 6.02. The van der Waals surface area contributed by atoms with Crippen LogP contribution in [0, 0.1) is 0 Å². The van der Waals surface area contributed by atoms with E-state index in [9.17, 15) is 33.6 Å². The number of ether oxygens (including phenoxy) is 2. The van der Waals surface area contributed by atoms with Gasteiger partial charge in [0.2, 0.25) is 23.6 Å². The third-order valence-corrected chi connectivity index (χ3v) is 10.7. The van der Waals surface area contributed by atoms with Crippen molar-refractivity contribution in [2.75, 3.05) is 26.7 Å². The number of rotatable bonds is 11. The van der Waals surface area contributed by atoms with Gasteiger partial charge in [-0.25, -0.2) is 4.79 Å². The molecule has 5 amide bonds. The molecule has 2 atom stereocenters. The summed E-state index contributed by atoms with van der Waals surface area (Å²) in [7, 11) is 1.42. The van der Waals surface area contributed by atoms with Crippen molar-refractivity contribution in [2.24, 2.45) is 0 Å². The molecule has 15 heteroatoms. The molecule has 1 aliphatic heterocycles. The number of carbonyl (C=O) groups is 7. The van der Waals surface area contributed by atoms with Gasteiger partial charge in [0.05, 0.1) is 19.6 Å². The second kappa shape index (κ2) is 19.4. The molecule has 6 rings (SSSR count). The number of fused-ring (bicyclic) bond motifs is 5. The Morgan fingerprint density at radius 3 is 2.16 bits per heavy atom. The van der Waals surface area contributed by atoms with Crippen LogP contribution in [0.3, 0.4) is 0 Å². The largest absolute Gasteiger partial charge is 0.514 e. The van der Waals surface area contributed by atoms with Crippen LogP contribution in [0.1, 0.15) is 86.0 Å². The molecule has 4 N–H and O–H groups in total. The molecule has 4 aromatic carbocycles. The van der Waals surface area contributed by atoms with Gasteiger partial charge < -0.3 is 35.6 Å². The van der Waals surface area contributed by atoms with Gasteiger partial charge in [-0.2, -0.15) is 0 Å². The molecule has 0 spiro atoms. The Labute approximate surface area is 365 Å². The maximum atomic E-state index is 14.2. The van der Waals surface area contributed by atoms with Crippen LogP contribution in [-0.2, 0) is 35.1 Å². The molecule has 1 aliphatic carbocycles. The first-order valence-corrected chi connectivity index (χ1v) is 20.8. The number of ketones is 1. The number of Topliss-reactive ketones (excluding diaryl/α,β-unsaturated/α-hetero) is 1. The van der Waals surface area contributed by atoms with E-state index < -0.39 is 66.5 Å². The number of amides is 5. The number of carbonyl (C=O) groups excluding carboxylic acids is 7. The second-order valence-electron chi connectivity index (χ2n) is 16.3. The minimum absolute atomic E-state index is 0.0118. The van der Waals surface area contributed by atoms with Crippen LogP contribution >= 0.6 is 11.6 Å². The number of nitrogens with zero attached hydrogens (tertiary/aromatic N) is 1. The summed E-state index contributed by atoms with van der Waals surface area (Å²) in [6.07, 6.45) is 1.04. The van der Waals surface area contributed by atoms with E-state index in [2.05, 4.69) is 21.3 Å². The zero-order chi connectivity index (χ0) is 44.7. The highest BCUT2D eigenvalue weighted by Gasteiger charge is 2.34. The molecule has 0 saturated heterocycles. The van der Waals surface area contributed by atoms with Crippen molar-refractivity contribution in [1.29, 1.82) is 0 Å². The van der Waals surface area contributed by atoms with E-state index in [0.717, 1.165) is 29.5 Å². The molecule has 4 aromatic rings. The summed E-state index contributed by atoms with van der Waals surface area (Å²) in [6, 6.07) is 22.0. The number of nitrogens with one attached hydrogen (secondary N) is 4. The van der Waals surface area contributed by atoms with E-state index in [-0.39, 0.29) is 36.8 Å². The smallest absolute Gasteiger partial charge is 0.428 e. The quantitative estimate of drug-likeness (QED) is 0.103. The van der Waals surface area contributed by atoms with Crippen molar-refractivity contribution < 1.29 is 43.0 Å². The standard InChI is InChI=1S/C47H50ClN5O9/c1-6-34(54)24-49-44(58)38-22-27-7-20-39(61-46(60)62-47(2,3)4)37(21-27)36-23-32(16-19-35(36)30-10-11-30)42(45(59)50-25-40(55)52-38)53(5)41(56)26-51-43(57)31-12-8-28(9-13-31)29-14-17-33(48)18-15-29/h7-9,12-21,23,30,38,42H,6,10-11,22,24-26H2,1-5H3,(H,49,58)(H,50,59)(H,51,57)(H,52,55). The lowest BCUT2D eigenvalue weighted by atomic mass is 9.89. The number of benzene rings is 4. The molecule has 4 bridgehead atoms. The van der Waals surface area contributed by atoms with Crippen LogP contribution < -0.4 is 26.0 Å². The first-order valence-electron chi connectivity index (χ1n) is 20.4. The van der Waals surface area contributed by atoms with Crippen molar-refractivity contribution >= 4 is 53.1 Å². The van der Waals surface area contributed by atoms with Crippen LogP contribution in [-0.4, -0.2) is 84.7 Å². The summed E-state index contributed by atoms with van der Waals surface area (Å²) in [6.45, 7) is 5.56. The summed E-state index contributed by atoms with van der Waals surface area (Å²) in [4.78, 5) is 94.5. The highest BCUT2D eigenvalue weighted by Crippen LogP contribution is 2.47. The first kappa shape index (κ1) is 45.0. The van der Waals surface area contributed by atoms with Gasteiger partial charge in [0.1, 0.15) is 23.4 Å². The molecule has 14 nitrogen and oxygen atoms in total. The lowest BCUT2D eigenvalue weighted by Crippen LogP contribution is -2.52. The normalized spacial score (nSPS) is 16.4. The summed E-state index contributed by atoms with van der Waals surface area (Å²) in [5, 5.41) is 11.1. The van der Waals surface area contributed by atoms with E-state index in [1.165, 1.54) is 11.9 Å². The number of halogens is 1. The summed E-state index contributed by atoms with van der Waals surface area (Å²) in [5.41, 5.74) is 4.19. The first-order chi connectivity index (χ1) is 29.5. The van der Waals surface area contributed by atoms with Gasteiger partial charge in [-0.3, -0.25) is 28.8 Å². The van der Waals surface area contributed by atoms with Gasteiger partial charge in [0, 0.05) is 36.0 Å². The highest BCUT2D eigenvalue weighted by atomic mass is 35.5. The molecule has 0 radical (unpaired) electrons. The van der Waals surface area contributed by atoms with E-state index >= 15 is 0 Å². The minimum atomic E-state index is -1.31. The van der Waals surface area contributed by atoms with Crippen molar-refractivity contribution in [3.63, 3.8) is 0 Å². The van der Waals surface area contributed by atoms with Crippen molar-refractivity contribution in [3.8, 4) is 28.0 Å². The monoisotopic (exact) mass is 863 g/mol. The fourth-order valence-corrected chi connectivity index (χ4v) is 7.14. The van der Waals surface area contributed by atoms with Crippen LogP contribution in [0.5, 0.6) is 5.75 Å². The maximum absolute atomic E-state index is 14.2. The Balaban J connectivity index is 1.34. The third-order valence-electron chi connectivity index (χ3n) is 10.4. The van der Waals surface area contributed by atoms with Crippen LogP contribution in [0.4, 0.5) is 4.79 Å². The molecule has 0 aromatic heterocycles. The minimum Gasteiger partial charge on any atom is -0.428 e. The number of likely N-dealkylation sites (N-methyl/N-ethyl adjacent to an activating group) is 1. The topological polar surface area (TPSA) is 189 Å². The fraction of sp³-hybridized carbons (Fsp3) is 0.340. The number of hydrogen-bond acceptors (Lipinski definition) is 9. The Kier molecular flexibility index (Phi) is 14.1. The Hall–Kier alpha value is -6.54. The van der Waals surface area contributed by atoms with Crippen LogP contribution in [0.2, 0.25) is 5.02 Å². The molecule has 1 saturated carbocycles. The SMILES string of the molecule is CCC(=O)CNC(=O)C1Cc2ccc(OC(=O)OC(C)(C)C)c(c2)-c2cc(ccc2C2CC2)C(N(C)C(=O)CNC(=O)c2ccc(-c3ccc(Cl)cc3)cc2)C(=O)NCC(=O)N1. The fourth-order valence-electron chi connectivity index (χ4n) is 7.01. The summed E-state index contributed by atoms with van der Waals surface area (Å²) < 4.78 is 11.3. The zero-order valence-corrected chi connectivity index (χ0v) is 36.0. The molecule has 2 aliphatic rings. The van der Waals surface area contributed by atoms with Gasteiger partial charge in [-0.15, -0.1) is 0 Å². The third kappa shape index (κ3) is 11.6. The Bertz CT molecular complexity index is 2370. The van der Waals surface area contributed by atoms with E-state index in [4.69, 9.17) is 21.1 Å². The molecule has 324 valence electrons. The molecular formula is C47H50ClN5O9. The van der Waals surface area contributed by atoms with Crippen molar-refractivity contribution in [3.05, 3.63) is 112 Å². The zero-order valence-electron chi connectivity index (χ0n) is 35.3. The predicted molar refractivity (Wildman–Crippen MR) is 232 cm³/mol. The predicted octanol–water partition coefficient (Wildman–Crippen LogP) is 6.05. The van der Waals surface area contributed by atoms with Crippen LogP contribution in [0.25, 0.3) is 22.3 Å². The van der Waals surface area contributed by atoms with E-state index in [1.807, 2.05) is 18.2 Å². The van der Waals surface area contributed by atoms with E-state index in [0.29, 0.717) is 32.8 Å². The van der Waals surface area contributed by atoms with Gasteiger partial charge in [-0.1, -0.05) is 61.0 Å². The van der Waals surface area contributed by atoms with Crippen LogP contribution in [0.15, 0.2) is 84.9 Å². The Morgan fingerprint density at radius 1 is 0.839 bits per heavy atom. The lowest BCUT2D eigenvalue weighted by molar-refractivity contribution is -0.139. The maximum Gasteiger partial charge on any atom is 0.514 e. The molecule has 1 fully saturated rings. The van der Waals surface area contributed by atoms with Gasteiger partial charge in [0.25, 0.3) is 5.91 Å². The average Bonchev–Trinajstić information content (AvgIpc) is 4.09. The molecule has 1 heterocycles. The van der Waals surface area contributed by atoms with Crippen molar-refractivity contribution in [1.82, 2.24) is 26.2 Å². The molecular weight excluding hydrogens is 814 g/mol. The second-order valence-corrected chi connectivity index (χ2v) is 16.8. The van der Waals surface area contributed by atoms with Gasteiger partial charge in [-0.05, 0) is 115 Å². The summed E-state index contributed by atoms with van der Waals surface area (Å²) in [5.74, 6) is -3.04. The lowest BCUT2D eigenvalue weighted by Gasteiger charge is -2.29. The van der Waals surface area contributed by atoms with E-state index in [1.54, 1.807) is 94.4 Å². The molecule has 62 heavy (non-hydrogen) atoms. The highest BCUT2D eigenvalue weighted by molar-refractivity contribution is 6.30. The van der Waals surface area contributed by atoms with Gasteiger partial charge in [0.15, 0.2) is 5.78 Å².